The van der Waals surface area contributed by atoms with Crippen LogP contribution in [0.5, 0.6) is 0 Å². The molecular formula is C17H25N3O. The highest BCUT2D eigenvalue weighted by molar-refractivity contribution is 5.78. The molecule has 1 saturated carbocycles. The van der Waals surface area contributed by atoms with Crippen LogP contribution in [0.15, 0.2) is 30.3 Å². The Morgan fingerprint density at radius 2 is 2.00 bits per heavy atom. The van der Waals surface area contributed by atoms with Gasteiger partial charge in [0.25, 0.3) is 0 Å². The van der Waals surface area contributed by atoms with Gasteiger partial charge in [-0.2, -0.15) is 0 Å². The lowest BCUT2D eigenvalue weighted by atomic mass is 10.1. The molecule has 114 valence electrons. The van der Waals surface area contributed by atoms with Crippen LogP contribution in [0.1, 0.15) is 31.2 Å². The number of hydrogen-bond acceptors (Lipinski definition) is 3. The maximum atomic E-state index is 11.9. The van der Waals surface area contributed by atoms with Crippen molar-refractivity contribution in [1.82, 2.24) is 9.80 Å². The van der Waals surface area contributed by atoms with E-state index >= 15 is 0 Å². The van der Waals surface area contributed by atoms with Gasteiger partial charge in [-0.25, -0.2) is 0 Å². The zero-order valence-corrected chi connectivity index (χ0v) is 12.6. The summed E-state index contributed by atoms with van der Waals surface area (Å²) in [5.41, 5.74) is 6.90. The van der Waals surface area contributed by atoms with E-state index in [4.69, 9.17) is 5.73 Å². The Kier molecular flexibility index (Phi) is 4.56. The second-order valence-corrected chi connectivity index (χ2v) is 6.23. The summed E-state index contributed by atoms with van der Waals surface area (Å²) in [6, 6.07) is 11.7. The van der Waals surface area contributed by atoms with Crippen molar-refractivity contribution in [2.45, 2.75) is 44.3 Å². The molecule has 0 radical (unpaired) electrons. The molecule has 0 spiro atoms. The largest absolute Gasteiger partial charge is 0.337 e. The number of nitrogens with two attached hydrogens (primary N) is 1. The fraction of sp³-hybridized carbons (Fsp3) is 0.588. The molecule has 2 aliphatic rings. The van der Waals surface area contributed by atoms with Crippen LogP contribution in [0.25, 0.3) is 0 Å². The summed E-state index contributed by atoms with van der Waals surface area (Å²) < 4.78 is 0. The van der Waals surface area contributed by atoms with Crippen LogP contribution >= 0.6 is 0 Å². The normalized spacial score (nSPS) is 22.0. The molecule has 0 aromatic heterocycles. The molecule has 1 saturated heterocycles. The molecule has 1 aliphatic carbocycles. The predicted molar refractivity (Wildman–Crippen MR) is 83.7 cm³/mol. The minimum atomic E-state index is 0.105. The SMILES string of the molecule is NCC(=O)N1CCC[C@H]1CN(Cc1ccccc1)C1CC1. The van der Waals surface area contributed by atoms with E-state index in [1.54, 1.807) is 0 Å². The van der Waals surface area contributed by atoms with Crippen LogP contribution in [0.3, 0.4) is 0 Å². The van der Waals surface area contributed by atoms with Crippen LogP contribution < -0.4 is 5.73 Å². The summed E-state index contributed by atoms with van der Waals surface area (Å²) in [6.45, 7) is 3.00. The minimum absolute atomic E-state index is 0.105. The van der Waals surface area contributed by atoms with Gasteiger partial charge in [-0.05, 0) is 31.2 Å². The molecule has 0 unspecified atom stereocenters. The zero-order chi connectivity index (χ0) is 14.7. The fourth-order valence-electron chi connectivity index (χ4n) is 3.34. The van der Waals surface area contributed by atoms with Gasteiger partial charge >= 0.3 is 0 Å². The second-order valence-electron chi connectivity index (χ2n) is 6.23. The predicted octanol–water partition coefficient (Wildman–Crippen LogP) is 1.60. The highest BCUT2D eigenvalue weighted by Gasteiger charge is 2.34. The molecule has 2 fully saturated rings. The van der Waals surface area contributed by atoms with Crippen molar-refractivity contribution >= 4 is 5.91 Å². The van der Waals surface area contributed by atoms with Crippen molar-refractivity contribution in [2.24, 2.45) is 5.73 Å². The van der Waals surface area contributed by atoms with E-state index in [0.717, 1.165) is 32.5 Å². The first-order valence-corrected chi connectivity index (χ1v) is 8.05. The molecule has 3 rings (SSSR count). The van der Waals surface area contributed by atoms with Crippen LogP contribution in [-0.4, -0.2) is 47.4 Å². The van der Waals surface area contributed by atoms with Crippen LogP contribution in [0.4, 0.5) is 0 Å². The third-order valence-corrected chi connectivity index (χ3v) is 4.61. The molecule has 1 aromatic carbocycles. The molecule has 0 bridgehead atoms. The summed E-state index contributed by atoms with van der Waals surface area (Å²) in [7, 11) is 0. The van der Waals surface area contributed by atoms with E-state index in [2.05, 4.69) is 35.2 Å². The fourth-order valence-corrected chi connectivity index (χ4v) is 3.34. The number of carbonyl (C=O) groups is 1. The van der Waals surface area contributed by atoms with Crippen molar-refractivity contribution in [3.63, 3.8) is 0 Å². The van der Waals surface area contributed by atoms with E-state index in [9.17, 15) is 4.79 Å². The van der Waals surface area contributed by atoms with E-state index in [1.165, 1.54) is 18.4 Å². The van der Waals surface area contributed by atoms with Crippen molar-refractivity contribution in [3.8, 4) is 0 Å². The van der Waals surface area contributed by atoms with Crippen molar-refractivity contribution in [1.29, 1.82) is 0 Å². The molecule has 4 nitrogen and oxygen atoms in total. The Balaban J connectivity index is 1.64. The lowest BCUT2D eigenvalue weighted by molar-refractivity contribution is -0.130. The van der Waals surface area contributed by atoms with Gasteiger partial charge in [0.2, 0.25) is 5.91 Å². The van der Waals surface area contributed by atoms with Gasteiger partial charge in [0.05, 0.1) is 6.54 Å². The summed E-state index contributed by atoms with van der Waals surface area (Å²) in [6.07, 6.45) is 4.82. The highest BCUT2D eigenvalue weighted by atomic mass is 16.2. The average molecular weight is 287 g/mol. The quantitative estimate of drug-likeness (QED) is 0.864. The first kappa shape index (κ1) is 14.5. The van der Waals surface area contributed by atoms with E-state index in [-0.39, 0.29) is 12.5 Å². The van der Waals surface area contributed by atoms with E-state index in [0.29, 0.717) is 12.1 Å². The standard InChI is InChI=1S/C17H25N3O/c18-11-17(21)20-10-4-7-16(20)13-19(15-8-9-15)12-14-5-2-1-3-6-14/h1-3,5-6,15-16H,4,7-13,18H2/t16-/m0/s1. The first-order chi connectivity index (χ1) is 10.3. The molecule has 1 atom stereocenters. The average Bonchev–Trinajstić information content (AvgIpc) is 3.27. The Hall–Kier alpha value is -1.39. The van der Waals surface area contributed by atoms with Crippen LogP contribution in [0.2, 0.25) is 0 Å². The number of likely N-dealkylation sites (tertiary alicyclic amines) is 1. The number of carbonyl (C=O) groups excluding carboxylic acids is 1. The van der Waals surface area contributed by atoms with Gasteiger partial charge in [0.15, 0.2) is 0 Å². The minimum Gasteiger partial charge on any atom is -0.337 e. The van der Waals surface area contributed by atoms with Gasteiger partial charge < -0.3 is 10.6 Å². The second kappa shape index (κ2) is 6.58. The molecular weight excluding hydrogens is 262 g/mol. The number of rotatable bonds is 6. The number of benzene rings is 1. The van der Waals surface area contributed by atoms with Gasteiger partial charge in [0.1, 0.15) is 0 Å². The highest BCUT2D eigenvalue weighted by Crippen LogP contribution is 2.30. The summed E-state index contributed by atoms with van der Waals surface area (Å²) in [4.78, 5) is 16.5. The van der Waals surface area contributed by atoms with Gasteiger partial charge in [-0.3, -0.25) is 9.69 Å². The van der Waals surface area contributed by atoms with Crippen molar-refractivity contribution < 1.29 is 4.79 Å². The van der Waals surface area contributed by atoms with Crippen molar-refractivity contribution in [3.05, 3.63) is 35.9 Å². The lowest BCUT2D eigenvalue weighted by Crippen LogP contribution is -2.45. The molecule has 1 aliphatic heterocycles. The summed E-state index contributed by atoms with van der Waals surface area (Å²) in [5, 5.41) is 0. The van der Waals surface area contributed by atoms with Gasteiger partial charge in [-0.1, -0.05) is 30.3 Å². The van der Waals surface area contributed by atoms with Gasteiger partial charge in [0, 0.05) is 31.7 Å². The Labute approximate surface area is 126 Å². The first-order valence-electron chi connectivity index (χ1n) is 8.05. The molecule has 4 heteroatoms. The Morgan fingerprint density at radius 3 is 2.67 bits per heavy atom. The molecule has 1 heterocycles. The molecule has 1 aromatic rings. The maximum absolute atomic E-state index is 11.9. The molecule has 1 amide bonds. The Morgan fingerprint density at radius 1 is 1.24 bits per heavy atom. The van der Waals surface area contributed by atoms with Crippen molar-refractivity contribution in [2.75, 3.05) is 19.6 Å². The smallest absolute Gasteiger partial charge is 0.236 e. The number of nitrogens with zero attached hydrogens (tertiary/aromatic N) is 2. The van der Waals surface area contributed by atoms with Crippen LogP contribution in [0, 0.1) is 0 Å². The Bertz CT molecular complexity index is 472. The number of amides is 1. The number of hydrogen-bond donors (Lipinski definition) is 1. The molecule has 2 N–H and O–H groups in total. The van der Waals surface area contributed by atoms with E-state index in [1.807, 2.05) is 4.90 Å². The molecule has 21 heavy (non-hydrogen) atoms. The van der Waals surface area contributed by atoms with Gasteiger partial charge in [-0.15, -0.1) is 0 Å². The third-order valence-electron chi connectivity index (χ3n) is 4.61. The summed E-state index contributed by atoms with van der Waals surface area (Å²) in [5.74, 6) is 0.105. The summed E-state index contributed by atoms with van der Waals surface area (Å²) >= 11 is 0. The van der Waals surface area contributed by atoms with E-state index < -0.39 is 0 Å². The zero-order valence-electron chi connectivity index (χ0n) is 12.6. The lowest BCUT2D eigenvalue weighted by Gasteiger charge is -2.31. The topological polar surface area (TPSA) is 49.6 Å². The maximum Gasteiger partial charge on any atom is 0.236 e. The monoisotopic (exact) mass is 287 g/mol. The third kappa shape index (κ3) is 3.63. The van der Waals surface area contributed by atoms with Crippen LogP contribution in [-0.2, 0) is 11.3 Å².